The molecule has 0 aromatic heterocycles. The van der Waals surface area contributed by atoms with E-state index in [4.69, 9.17) is 5.73 Å². The smallest absolute Gasteiger partial charge is 0.371 e. The summed E-state index contributed by atoms with van der Waals surface area (Å²) in [5.74, 6) is 0.614. The second-order valence-electron chi connectivity index (χ2n) is 6.90. The number of alkyl halides is 3. The number of hydrogen-bond donors (Lipinski definition) is 1. The average molecular weight is 341 g/mol. The first-order chi connectivity index (χ1) is 11.3. The minimum Gasteiger partial charge on any atom is -0.371 e. The lowest BCUT2D eigenvalue weighted by Gasteiger charge is -2.29. The van der Waals surface area contributed by atoms with Crippen molar-refractivity contribution >= 4 is 11.6 Å². The minimum absolute atomic E-state index is 0.244. The molecule has 0 spiro atoms. The summed E-state index contributed by atoms with van der Waals surface area (Å²) in [6, 6.07) is 5.68. The van der Waals surface area contributed by atoms with Gasteiger partial charge in [0.2, 0.25) is 5.91 Å². The standard InChI is InChI=1S/C17H22F3N3O/c1-22(10-16(21)24)15-7-2-11-8-23(9-14(11)15)13-5-3-12(4-6-13)17(18,19)20/h3-6,11,14-15H,2,7-10H2,1H3,(H2,21,24)/t11-,14+,15+/m1/s1. The molecule has 1 heterocycles. The average Bonchev–Trinajstić information content (AvgIpc) is 3.05. The van der Waals surface area contributed by atoms with Gasteiger partial charge < -0.3 is 10.6 Å². The Hall–Kier alpha value is -1.76. The number of nitrogens with zero attached hydrogens (tertiary/aromatic N) is 2. The molecule has 2 fully saturated rings. The highest BCUT2D eigenvalue weighted by Gasteiger charge is 2.44. The molecule has 1 saturated heterocycles. The van der Waals surface area contributed by atoms with Crippen molar-refractivity contribution in [2.45, 2.75) is 25.1 Å². The molecule has 2 N–H and O–H groups in total. The lowest BCUT2D eigenvalue weighted by Crippen LogP contribution is -2.42. The molecular weight excluding hydrogens is 319 g/mol. The zero-order valence-electron chi connectivity index (χ0n) is 13.6. The molecule has 1 amide bonds. The van der Waals surface area contributed by atoms with E-state index in [2.05, 4.69) is 4.90 Å². The quantitative estimate of drug-likeness (QED) is 0.914. The number of primary amides is 1. The number of anilines is 1. The molecule has 1 saturated carbocycles. The summed E-state index contributed by atoms with van der Waals surface area (Å²) in [5, 5.41) is 0. The van der Waals surface area contributed by atoms with Crippen LogP contribution in [0.4, 0.5) is 18.9 Å². The van der Waals surface area contributed by atoms with Gasteiger partial charge in [-0.3, -0.25) is 9.69 Å². The second-order valence-corrected chi connectivity index (χ2v) is 6.90. The highest BCUT2D eigenvalue weighted by atomic mass is 19.4. The van der Waals surface area contributed by atoms with Gasteiger partial charge in [0.15, 0.2) is 0 Å². The molecule has 3 rings (SSSR count). The summed E-state index contributed by atoms with van der Waals surface area (Å²) in [6.07, 6.45) is -2.18. The van der Waals surface area contributed by atoms with Gasteiger partial charge >= 0.3 is 6.18 Å². The summed E-state index contributed by atoms with van der Waals surface area (Å²) in [7, 11) is 1.92. The first kappa shape index (κ1) is 17.1. The van der Waals surface area contributed by atoms with Gasteiger partial charge in [0, 0.05) is 24.8 Å². The maximum atomic E-state index is 12.7. The van der Waals surface area contributed by atoms with Crippen molar-refractivity contribution in [1.29, 1.82) is 0 Å². The van der Waals surface area contributed by atoms with Crippen LogP contribution in [0.2, 0.25) is 0 Å². The van der Waals surface area contributed by atoms with E-state index in [0.29, 0.717) is 17.9 Å². The Balaban J connectivity index is 1.68. The number of nitrogens with two attached hydrogens (primary N) is 1. The Morgan fingerprint density at radius 3 is 2.50 bits per heavy atom. The van der Waals surface area contributed by atoms with Crippen LogP contribution in [0.1, 0.15) is 18.4 Å². The van der Waals surface area contributed by atoms with Crippen molar-refractivity contribution in [3.8, 4) is 0 Å². The van der Waals surface area contributed by atoms with Gasteiger partial charge in [-0.15, -0.1) is 0 Å². The third kappa shape index (κ3) is 3.36. The third-order valence-electron chi connectivity index (χ3n) is 5.35. The maximum absolute atomic E-state index is 12.7. The van der Waals surface area contributed by atoms with E-state index in [1.807, 2.05) is 11.9 Å². The molecule has 1 aliphatic heterocycles. The van der Waals surface area contributed by atoms with Crippen molar-refractivity contribution in [2.75, 3.05) is 31.6 Å². The van der Waals surface area contributed by atoms with Crippen LogP contribution in [0.25, 0.3) is 0 Å². The molecule has 0 radical (unpaired) electrons. The number of fused-ring (bicyclic) bond motifs is 1. The molecular formula is C17H22F3N3O. The molecule has 1 aromatic carbocycles. The predicted molar refractivity (Wildman–Crippen MR) is 85.5 cm³/mol. The zero-order valence-corrected chi connectivity index (χ0v) is 13.6. The van der Waals surface area contributed by atoms with E-state index < -0.39 is 11.7 Å². The summed E-state index contributed by atoms with van der Waals surface area (Å²) < 4.78 is 38.0. The van der Waals surface area contributed by atoms with Crippen LogP contribution in [0.5, 0.6) is 0 Å². The van der Waals surface area contributed by atoms with Crippen molar-refractivity contribution in [1.82, 2.24) is 4.90 Å². The largest absolute Gasteiger partial charge is 0.416 e. The van der Waals surface area contributed by atoms with Crippen molar-refractivity contribution in [3.63, 3.8) is 0 Å². The van der Waals surface area contributed by atoms with Crippen LogP contribution < -0.4 is 10.6 Å². The molecule has 7 heteroatoms. The first-order valence-corrected chi connectivity index (χ1v) is 8.16. The van der Waals surface area contributed by atoms with Gasteiger partial charge in [-0.1, -0.05) is 0 Å². The Kier molecular flexibility index (Phi) is 4.46. The second kappa shape index (κ2) is 6.27. The van der Waals surface area contributed by atoms with E-state index in [-0.39, 0.29) is 12.5 Å². The summed E-state index contributed by atoms with van der Waals surface area (Å²) in [5.41, 5.74) is 5.49. The van der Waals surface area contributed by atoms with Crippen molar-refractivity contribution < 1.29 is 18.0 Å². The molecule has 3 atom stereocenters. The van der Waals surface area contributed by atoms with Crippen LogP contribution in [0.15, 0.2) is 24.3 Å². The van der Waals surface area contributed by atoms with Crippen LogP contribution >= 0.6 is 0 Å². The normalized spacial score (nSPS) is 26.9. The number of hydrogen-bond acceptors (Lipinski definition) is 3. The SMILES string of the molecule is CN(CC(N)=O)[C@H]1CC[C@@H]2CN(c3ccc(C(F)(F)F)cc3)C[C@@H]21. The van der Waals surface area contributed by atoms with Crippen LogP contribution in [-0.2, 0) is 11.0 Å². The van der Waals surface area contributed by atoms with E-state index in [9.17, 15) is 18.0 Å². The Bertz CT molecular complexity index is 602. The number of carbonyl (C=O) groups is 1. The van der Waals surface area contributed by atoms with Crippen LogP contribution in [0, 0.1) is 11.8 Å². The fraction of sp³-hybridized carbons (Fsp3) is 0.588. The van der Waals surface area contributed by atoms with Crippen LogP contribution in [0.3, 0.4) is 0 Å². The molecule has 4 nitrogen and oxygen atoms in total. The van der Waals surface area contributed by atoms with Gasteiger partial charge in [0.05, 0.1) is 12.1 Å². The fourth-order valence-corrected chi connectivity index (χ4v) is 4.22. The third-order valence-corrected chi connectivity index (χ3v) is 5.35. The van der Waals surface area contributed by atoms with Crippen molar-refractivity contribution in [3.05, 3.63) is 29.8 Å². The van der Waals surface area contributed by atoms with E-state index >= 15 is 0 Å². The number of likely N-dealkylation sites (N-methyl/N-ethyl adjacent to an activating group) is 1. The van der Waals surface area contributed by atoms with Crippen LogP contribution in [-0.4, -0.2) is 43.5 Å². The molecule has 132 valence electrons. The van der Waals surface area contributed by atoms with Gasteiger partial charge in [-0.25, -0.2) is 0 Å². The summed E-state index contributed by atoms with van der Waals surface area (Å²) in [4.78, 5) is 15.3. The molecule has 0 unspecified atom stereocenters. The first-order valence-electron chi connectivity index (χ1n) is 8.16. The van der Waals surface area contributed by atoms with Gasteiger partial charge in [0.25, 0.3) is 0 Å². The molecule has 0 bridgehead atoms. The molecule has 1 aliphatic carbocycles. The topological polar surface area (TPSA) is 49.6 Å². The number of carbonyl (C=O) groups excluding carboxylic acids is 1. The monoisotopic (exact) mass is 341 g/mol. The Morgan fingerprint density at radius 1 is 1.25 bits per heavy atom. The molecule has 1 aromatic rings. The fourth-order valence-electron chi connectivity index (χ4n) is 4.22. The van der Waals surface area contributed by atoms with E-state index in [1.54, 1.807) is 12.1 Å². The number of rotatable bonds is 4. The van der Waals surface area contributed by atoms with E-state index in [1.165, 1.54) is 0 Å². The molecule has 24 heavy (non-hydrogen) atoms. The maximum Gasteiger partial charge on any atom is 0.416 e. The van der Waals surface area contributed by atoms with Gasteiger partial charge in [-0.2, -0.15) is 13.2 Å². The van der Waals surface area contributed by atoms with Gasteiger partial charge in [-0.05, 0) is 56.0 Å². The lowest BCUT2D eigenvalue weighted by molar-refractivity contribution is -0.137. The number of halogens is 3. The zero-order chi connectivity index (χ0) is 17.5. The minimum atomic E-state index is -4.30. The Labute approximate surface area is 139 Å². The number of amides is 1. The molecule has 2 aliphatic rings. The number of benzene rings is 1. The summed E-state index contributed by atoms with van der Waals surface area (Å²) >= 11 is 0. The highest BCUT2D eigenvalue weighted by Crippen LogP contribution is 2.42. The summed E-state index contributed by atoms with van der Waals surface area (Å²) in [6.45, 7) is 1.91. The van der Waals surface area contributed by atoms with Crippen molar-refractivity contribution in [2.24, 2.45) is 17.6 Å². The van der Waals surface area contributed by atoms with Gasteiger partial charge in [0.1, 0.15) is 0 Å². The lowest BCUT2D eigenvalue weighted by atomic mass is 9.97. The highest BCUT2D eigenvalue weighted by molar-refractivity contribution is 5.75. The Morgan fingerprint density at radius 2 is 1.92 bits per heavy atom. The predicted octanol–water partition coefficient (Wildman–Crippen LogP) is 2.34. The van der Waals surface area contributed by atoms with E-state index in [0.717, 1.165) is 43.8 Å².